The van der Waals surface area contributed by atoms with Crippen LogP contribution in [0.1, 0.15) is 31.4 Å². The van der Waals surface area contributed by atoms with Gasteiger partial charge in [0.15, 0.2) is 0 Å². The lowest BCUT2D eigenvalue weighted by molar-refractivity contribution is -0.139. The van der Waals surface area contributed by atoms with Gasteiger partial charge in [-0.05, 0) is 39.2 Å². The number of hydrogen-bond acceptors (Lipinski definition) is 2. The van der Waals surface area contributed by atoms with Crippen molar-refractivity contribution in [1.82, 2.24) is 5.32 Å². The van der Waals surface area contributed by atoms with Gasteiger partial charge in [-0.25, -0.2) is 0 Å². The van der Waals surface area contributed by atoms with Crippen molar-refractivity contribution in [1.29, 1.82) is 0 Å². The first-order valence-electron chi connectivity index (χ1n) is 6.03. The van der Waals surface area contributed by atoms with E-state index in [0.29, 0.717) is 0 Å². The number of benzene rings is 1. The average molecular weight is 235 g/mol. The Kier molecular flexibility index (Phi) is 5.16. The lowest BCUT2D eigenvalue weighted by atomic mass is 10.0. The van der Waals surface area contributed by atoms with Crippen molar-refractivity contribution in [2.75, 3.05) is 0 Å². The first-order chi connectivity index (χ1) is 7.99. The van der Waals surface area contributed by atoms with E-state index in [9.17, 15) is 4.79 Å². The molecule has 0 aliphatic rings. The fourth-order valence-electron chi connectivity index (χ4n) is 1.72. The average Bonchev–Trinajstić information content (AvgIpc) is 2.28. The minimum atomic E-state index is -0.799. The molecule has 0 amide bonds. The summed E-state index contributed by atoms with van der Waals surface area (Å²) in [6, 6.07) is 8.19. The van der Waals surface area contributed by atoms with Crippen LogP contribution in [-0.4, -0.2) is 23.2 Å². The molecule has 3 heteroatoms. The van der Waals surface area contributed by atoms with Crippen molar-refractivity contribution in [3.63, 3.8) is 0 Å². The molecule has 1 unspecified atom stereocenters. The van der Waals surface area contributed by atoms with E-state index < -0.39 is 12.0 Å². The maximum Gasteiger partial charge on any atom is 0.320 e. The maximum atomic E-state index is 10.7. The van der Waals surface area contributed by atoms with Gasteiger partial charge in [0.25, 0.3) is 0 Å². The van der Waals surface area contributed by atoms with Crippen molar-refractivity contribution in [3.8, 4) is 0 Å². The second kappa shape index (κ2) is 6.40. The largest absolute Gasteiger partial charge is 0.480 e. The number of carbonyl (C=O) groups is 1. The lowest BCUT2D eigenvalue weighted by Gasteiger charge is -2.16. The van der Waals surface area contributed by atoms with Gasteiger partial charge in [0.05, 0.1) is 0 Å². The second-order valence-corrected chi connectivity index (χ2v) is 4.65. The molecular weight excluding hydrogens is 214 g/mol. The summed E-state index contributed by atoms with van der Waals surface area (Å²) in [6.07, 6.45) is 1.92. The molecule has 0 spiro atoms. The van der Waals surface area contributed by atoms with Crippen LogP contribution in [0, 0.1) is 6.92 Å². The number of carboxylic acids is 1. The number of aryl methyl sites for hydroxylation is 2. The molecule has 1 rings (SSSR count). The molecule has 17 heavy (non-hydrogen) atoms. The van der Waals surface area contributed by atoms with E-state index in [-0.39, 0.29) is 6.04 Å². The van der Waals surface area contributed by atoms with Crippen LogP contribution in [-0.2, 0) is 11.2 Å². The summed E-state index contributed by atoms with van der Waals surface area (Å²) in [5.41, 5.74) is 2.56. The number of carboxylic acid groups (broad SMARTS) is 1. The van der Waals surface area contributed by atoms with E-state index in [1.54, 1.807) is 6.92 Å². The predicted molar refractivity (Wildman–Crippen MR) is 69.2 cm³/mol. The van der Waals surface area contributed by atoms with Gasteiger partial charge >= 0.3 is 5.97 Å². The van der Waals surface area contributed by atoms with Gasteiger partial charge in [0, 0.05) is 6.04 Å². The summed E-state index contributed by atoms with van der Waals surface area (Å²) in [5, 5.41) is 11.8. The topological polar surface area (TPSA) is 49.3 Å². The molecule has 0 saturated heterocycles. The molecule has 3 nitrogen and oxygen atoms in total. The third kappa shape index (κ3) is 5.00. The molecule has 0 fully saturated rings. The summed E-state index contributed by atoms with van der Waals surface area (Å²) in [5.74, 6) is -0.799. The van der Waals surface area contributed by atoms with Crippen LogP contribution in [0.4, 0.5) is 0 Å². The third-order valence-corrected chi connectivity index (χ3v) is 2.89. The molecule has 2 atom stereocenters. The van der Waals surface area contributed by atoms with Gasteiger partial charge in [-0.3, -0.25) is 4.79 Å². The Balaban J connectivity index is 2.35. The zero-order chi connectivity index (χ0) is 12.8. The summed E-state index contributed by atoms with van der Waals surface area (Å²) >= 11 is 0. The molecular formula is C14H21NO2. The molecule has 0 heterocycles. The second-order valence-electron chi connectivity index (χ2n) is 4.65. The van der Waals surface area contributed by atoms with Crippen LogP contribution < -0.4 is 5.32 Å². The highest BCUT2D eigenvalue weighted by molar-refractivity contribution is 5.72. The zero-order valence-electron chi connectivity index (χ0n) is 10.7. The number of hydrogen-bond donors (Lipinski definition) is 2. The van der Waals surface area contributed by atoms with Crippen LogP contribution >= 0.6 is 0 Å². The van der Waals surface area contributed by atoms with Gasteiger partial charge in [-0.15, -0.1) is 0 Å². The van der Waals surface area contributed by atoms with E-state index in [2.05, 4.69) is 36.5 Å². The minimum absolute atomic E-state index is 0.211. The highest BCUT2D eigenvalue weighted by Crippen LogP contribution is 2.07. The first kappa shape index (κ1) is 13.7. The van der Waals surface area contributed by atoms with E-state index in [1.165, 1.54) is 11.1 Å². The van der Waals surface area contributed by atoms with Crippen molar-refractivity contribution < 1.29 is 9.90 Å². The predicted octanol–water partition coefficient (Wildman–Crippen LogP) is 2.38. The Morgan fingerprint density at radius 2 is 1.88 bits per heavy atom. The maximum absolute atomic E-state index is 10.7. The summed E-state index contributed by atoms with van der Waals surface area (Å²) in [7, 11) is 0. The van der Waals surface area contributed by atoms with Crippen LogP contribution in [0.5, 0.6) is 0 Å². The number of rotatable bonds is 6. The van der Waals surface area contributed by atoms with Gasteiger partial charge in [0.1, 0.15) is 6.04 Å². The molecule has 0 saturated carbocycles. The third-order valence-electron chi connectivity index (χ3n) is 2.89. The van der Waals surface area contributed by atoms with Crippen LogP contribution in [0.3, 0.4) is 0 Å². The summed E-state index contributed by atoms with van der Waals surface area (Å²) in [4.78, 5) is 10.7. The Bertz CT molecular complexity index is 359. The fourth-order valence-corrected chi connectivity index (χ4v) is 1.72. The normalized spacial score (nSPS) is 14.3. The van der Waals surface area contributed by atoms with Gasteiger partial charge in [0.2, 0.25) is 0 Å². The Morgan fingerprint density at radius 1 is 1.29 bits per heavy atom. The molecule has 1 aromatic rings. The SMILES string of the molecule is Cc1ccc(CCC(C)N[C@H](C)C(=O)O)cc1. The van der Waals surface area contributed by atoms with E-state index in [0.717, 1.165) is 12.8 Å². The van der Waals surface area contributed by atoms with Gasteiger partial charge in [-0.2, -0.15) is 0 Å². The quantitative estimate of drug-likeness (QED) is 0.796. The van der Waals surface area contributed by atoms with Crippen molar-refractivity contribution in [3.05, 3.63) is 35.4 Å². The van der Waals surface area contributed by atoms with Crippen LogP contribution in [0.15, 0.2) is 24.3 Å². The monoisotopic (exact) mass is 235 g/mol. The van der Waals surface area contributed by atoms with Crippen molar-refractivity contribution in [2.45, 2.75) is 45.7 Å². The molecule has 94 valence electrons. The standard InChI is InChI=1S/C14H21NO2/c1-10-4-7-13(8-5-10)9-6-11(2)15-12(3)14(16)17/h4-5,7-8,11-12,15H,6,9H2,1-3H3,(H,16,17)/t11?,12-/m1/s1. The summed E-state index contributed by atoms with van der Waals surface area (Å²) in [6.45, 7) is 5.76. The molecule has 1 aromatic carbocycles. The van der Waals surface area contributed by atoms with Crippen molar-refractivity contribution >= 4 is 5.97 Å². The highest BCUT2D eigenvalue weighted by Gasteiger charge is 2.13. The minimum Gasteiger partial charge on any atom is -0.480 e. The zero-order valence-corrected chi connectivity index (χ0v) is 10.7. The van der Waals surface area contributed by atoms with Gasteiger partial charge < -0.3 is 10.4 Å². The molecule has 0 aromatic heterocycles. The van der Waals surface area contributed by atoms with Crippen LogP contribution in [0.25, 0.3) is 0 Å². The van der Waals surface area contributed by atoms with Crippen molar-refractivity contribution in [2.24, 2.45) is 0 Å². The van der Waals surface area contributed by atoms with E-state index >= 15 is 0 Å². The lowest BCUT2D eigenvalue weighted by Crippen LogP contribution is -2.40. The molecule has 0 radical (unpaired) electrons. The number of aliphatic carboxylic acids is 1. The Morgan fingerprint density at radius 3 is 2.41 bits per heavy atom. The molecule has 2 N–H and O–H groups in total. The van der Waals surface area contributed by atoms with E-state index in [4.69, 9.17) is 5.11 Å². The Labute approximate surface area is 103 Å². The van der Waals surface area contributed by atoms with E-state index in [1.807, 2.05) is 6.92 Å². The molecule has 0 aliphatic carbocycles. The smallest absolute Gasteiger partial charge is 0.320 e. The highest BCUT2D eigenvalue weighted by atomic mass is 16.4. The first-order valence-corrected chi connectivity index (χ1v) is 6.03. The fraction of sp³-hybridized carbons (Fsp3) is 0.500. The summed E-state index contributed by atoms with van der Waals surface area (Å²) < 4.78 is 0. The Hall–Kier alpha value is -1.35. The number of nitrogens with one attached hydrogen (secondary N) is 1. The van der Waals surface area contributed by atoms with Gasteiger partial charge in [-0.1, -0.05) is 29.8 Å². The molecule has 0 aliphatic heterocycles. The molecule has 0 bridgehead atoms. The van der Waals surface area contributed by atoms with Crippen LogP contribution in [0.2, 0.25) is 0 Å².